The zero-order valence-corrected chi connectivity index (χ0v) is 11.5. The van der Waals surface area contributed by atoms with Crippen LogP contribution in [0.5, 0.6) is 11.5 Å². The van der Waals surface area contributed by atoms with Crippen molar-refractivity contribution >= 4 is 5.82 Å². The third kappa shape index (κ3) is 2.45. The molecule has 1 aromatic carbocycles. The molecule has 0 bridgehead atoms. The molecule has 0 aliphatic carbocycles. The SMILES string of the molecule is CNc1cc(-c2ccc(OC)c(C)c2OC)ncn1. The monoisotopic (exact) mass is 259 g/mol. The van der Waals surface area contributed by atoms with Gasteiger partial charge in [0.15, 0.2) is 0 Å². The predicted octanol–water partition coefficient (Wildman–Crippen LogP) is 2.51. The first-order chi connectivity index (χ1) is 9.21. The van der Waals surface area contributed by atoms with Crippen molar-refractivity contribution in [2.75, 3.05) is 26.6 Å². The van der Waals surface area contributed by atoms with Crippen LogP contribution in [0.1, 0.15) is 5.56 Å². The smallest absolute Gasteiger partial charge is 0.134 e. The number of nitrogens with zero attached hydrogens (tertiary/aromatic N) is 2. The van der Waals surface area contributed by atoms with Crippen molar-refractivity contribution in [2.24, 2.45) is 0 Å². The molecule has 0 fully saturated rings. The highest BCUT2D eigenvalue weighted by atomic mass is 16.5. The third-order valence-corrected chi connectivity index (χ3v) is 2.98. The molecule has 1 N–H and O–H groups in total. The molecular formula is C14H17N3O2. The fraction of sp³-hybridized carbons (Fsp3) is 0.286. The molecular weight excluding hydrogens is 242 g/mol. The Morgan fingerprint density at radius 1 is 1.11 bits per heavy atom. The summed E-state index contributed by atoms with van der Waals surface area (Å²) in [5.41, 5.74) is 2.67. The van der Waals surface area contributed by atoms with Crippen molar-refractivity contribution in [3.05, 3.63) is 30.1 Å². The van der Waals surface area contributed by atoms with E-state index < -0.39 is 0 Å². The van der Waals surface area contributed by atoms with Crippen LogP contribution >= 0.6 is 0 Å². The quantitative estimate of drug-likeness (QED) is 0.914. The molecule has 0 atom stereocenters. The normalized spacial score (nSPS) is 10.1. The summed E-state index contributed by atoms with van der Waals surface area (Å²) in [5, 5.41) is 3.00. The zero-order chi connectivity index (χ0) is 13.8. The lowest BCUT2D eigenvalue weighted by molar-refractivity contribution is 0.390. The Bertz CT molecular complexity index is 585. The Kier molecular flexibility index (Phi) is 3.85. The predicted molar refractivity (Wildman–Crippen MR) is 74.9 cm³/mol. The molecule has 0 saturated heterocycles. The molecule has 2 aromatic rings. The lowest BCUT2D eigenvalue weighted by atomic mass is 10.1. The lowest BCUT2D eigenvalue weighted by Crippen LogP contribution is -1.98. The Hall–Kier alpha value is -2.30. The van der Waals surface area contributed by atoms with Gasteiger partial charge in [-0.25, -0.2) is 9.97 Å². The Morgan fingerprint density at radius 3 is 2.53 bits per heavy atom. The second-order valence-electron chi connectivity index (χ2n) is 4.01. The molecule has 100 valence electrons. The van der Waals surface area contributed by atoms with Gasteiger partial charge in [0.1, 0.15) is 23.6 Å². The molecule has 0 aliphatic rings. The molecule has 0 amide bonds. The first kappa shape index (κ1) is 13.1. The number of methoxy groups -OCH3 is 2. The lowest BCUT2D eigenvalue weighted by Gasteiger charge is -2.14. The van der Waals surface area contributed by atoms with Crippen LogP contribution in [0.25, 0.3) is 11.3 Å². The van der Waals surface area contributed by atoms with Crippen molar-refractivity contribution in [2.45, 2.75) is 6.92 Å². The number of ether oxygens (including phenoxy) is 2. The second kappa shape index (κ2) is 5.56. The fourth-order valence-electron chi connectivity index (χ4n) is 2.00. The highest BCUT2D eigenvalue weighted by molar-refractivity contribution is 5.72. The van der Waals surface area contributed by atoms with E-state index in [9.17, 15) is 0 Å². The van der Waals surface area contributed by atoms with Crippen LogP contribution in [0.3, 0.4) is 0 Å². The van der Waals surface area contributed by atoms with E-state index in [1.165, 1.54) is 6.33 Å². The topological polar surface area (TPSA) is 56.3 Å². The van der Waals surface area contributed by atoms with E-state index >= 15 is 0 Å². The molecule has 2 rings (SSSR count). The minimum atomic E-state index is 0.764. The number of anilines is 1. The molecule has 1 heterocycles. The maximum absolute atomic E-state index is 5.49. The van der Waals surface area contributed by atoms with Crippen LogP contribution in [0, 0.1) is 6.92 Å². The minimum Gasteiger partial charge on any atom is -0.496 e. The van der Waals surface area contributed by atoms with Gasteiger partial charge in [-0.15, -0.1) is 0 Å². The van der Waals surface area contributed by atoms with Gasteiger partial charge in [-0.2, -0.15) is 0 Å². The van der Waals surface area contributed by atoms with Crippen LogP contribution in [-0.4, -0.2) is 31.2 Å². The van der Waals surface area contributed by atoms with E-state index in [-0.39, 0.29) is 0 Å². The Morgan fingerprint density at radius 2 is 1.89 bits per heavy atom. The zero-order valence-electron chi connectivity index (χ0n) is 11.5. The average molecular weight is 259 g/mol. The second-order valence-corrected chi connectivity index (χ2v) is 4.01. The highest BCUT2D eigenvalue weighted by Gasteiger charge is 2.14. The summed E-state index contributed by atoms with van der Waals surface area (Å²) >= 11 is 0. The molecule has 0 saturated carbocycles. The maximum atomic E-state index is 5.49. The molecule has 5 nitrogen and oxygen atoms in total. The van der Waals surface area contributed by atoms with Gasteiger partial charge in [-0.05, 0) is 19.1 Å². The van der Waals surface area contributed by atoms with Gasteiger partial charge in [0.05, 0.1) is 19.9 Å². The highest BCUT2D eigenvalue weighted by Crippen LogP contribution is 2.37. The fourth-order valence-corrected chi connectivity index (χ4v) is 2.00. The summed E-state index contributed by atoms with van der Waals surface area (Å²) in [6, 6.07) is 5.73. The minimum absolute atomic E-state index is 0.764. The summed E-state index contributed by atoms with van der Waals surface area (Å²) in [4.78, 5) is 8.40. The first-order valence-corrected chi connectivity index (χ1v) is 5.93. The van der Waals surface area contributed by atoms with Crippen molar-refractivity contribution in [1.82, 2.24) is 9.97 Å². The van der Waals surface area contributed by atoms with Crippen molar-refractivity contribution < 1.29 is 9.47 Å². The summed E-state index contributed by atoms with van der Waals surface area (Å²) in [6.07, 6.45) is 1.53. The molecule has 0 radical (unpaired) electrons. The van der Waals surface area contributed by atoms with E-state index in [1.54, 1.807) is 14.2 Å². The molecule has 0 aliphatic heterocycles. The Balaban J connectivity index is 2.58. The van der Waals surface area contributed by atoms with Crippen LogP contribution < -0.4 is 14.8 Å². The molecule has 19 heavy (non-hydrogen) atoms. The Labute approximate surface area is 112 Å². The molecule has 0 spiro atoms. The number of hydrogen-bond acceptors (Lipinski definition) is 5. The van der Waals surface area contributed by atoms with Gasteiger partial charge in [0, 0.05) is 24.2 Å². The summed E-state index contributed by atoms with van der Waals surface area (Å²) < 4.78 is 10.8. The van der Waals surface area contributed by atoms with E-state index in [1.807, 2.05) is 32.2 Å². The van der Waals surface area contributed by atoms with Crippen molar-refractivity contribution in [1.29, 1.82) is 0 Å². The van der Waals surface area contributed by atoms with Crippen molar-refractivity contribution in [3.8, 4) is 22.8 Å². The van der Waals surface area contributed by atoms with E-state index in [2.05, 4.69) is 15.3 Å². The molecule has 5 heteroatoms. The largest absolute Gasteiger partial charge is 0.496 e. The van der Waals surface area contributed by atoms with E-state index in [0.29, 0.717) is 0 Å². The standard InChI is InChI=1S/C14H17N3O2/c1-9-12(18-3)6-5-10(14(9)19-4)11-7-13(15-2)17-8-16-11/h5-8H,1-4H3,(H,15,16,17). The van der Waals surface area contributed by atoms with Crippen LogP contribution in [0.15, 0.2) is 24.5 Å². The number of benzene rings is 1. The van der Waals surface area contributed by atoms with Gasteiger partial charge in [-0.1, -0.05) is 0 Å². The summed E-state index contributed by atoms with van der Waals surface area (Å²) in [7, 11) is 5.11. The molecule has 1 aromatic heterocycles. The summed E-state index contributed by atoms with van der Waals surface area (Å²) in [6.45, 7) is 1.96. The number of hydrogen-bond donors (Lipinski definition) is 1. The van der Waals surface area contributed by atoms with E-state index in [0.717, 1.165) is 34.1 Å². The van der Waals surface area contributed by atoms with Crippen LogP contribution in [0.2, 0.25) is 0 Å². The summed E-state index contributed by atoms with van der Waals surface area (Å²) in [5.74, 6) is 2.32. The van der Waals surface area contributed by atoms with Crippen LogP contribution in [-0.2, 0) is 0 Å². The first-order valence-electron chi connectivity index (χ1n) is 5.93. The molecule has 0 unspecified atom stereocenters. The van der Waals surface area contributed by atoms with Gasteiger partial charge >= 0.3 is 0 Å². The average Bonchev–Trinajstić information content (AvgIpc) is 2.47. The number of nitrogens with one attached hydrogen (secondary N) is 1. The van der Waals surface area contributed by atoms with Gasteiger partial charge < -0.3 is 14.8 Å². The van der Waals surface area contributed by atoms with Crippen molar-refractivity contribution in [3.63, 3.8) is 0 Å². The van der Waals surface area contributed by atoms with E-state index in [4.69, 9.17) is 9.47 Å². The van der Waals surface area contributed by atoms with Crippen LogP contribution in [0.4, 0.5) is 5.82 Å². The maximum Gasteiger partial charge on any atom is 0.134 e. The van der Waals surface area contributed by atoms with Gasteiger partial charge in [0.2, 0.25) is 0 Å². The number of aromatic nitrogens is 2. The van der Waals surface area contributed by atoms with Gasteiger partial charge in [-0.3, -0.25) is 0 Å². The number of rotatable bonds is 4. The third-order valence-electron chi connectivity index (χ3n) is 2.98. The van der Waals surface area contributed by atoms with Gasteiger partial charge in [0.25, 0.3) is 0 Å².